The number of hydrogen-bond acceptors (Lipinski definition) is 3. The van der Waals surface area contributed by atoms with Crippen molar-refractivity contribution in [1.29, 1.82) is 0 Å². The van der Waals surface area contributed by atoms with Crippen LogP contribution in [0.4, 0.5) is 4.39 Å². The van der Waals surface area contributed by atoms with Gasteiger partial charge in [-0.2, -0.15) is 0 Å². The highest BCUT2D eigenvalue weighted by molar-refractivity contribution is 7.99. The van der Waals surface area contributed by atoms with Crippen LogP contribution in [0.25, 0.3) is 11.0 Å². The first kappa shape index (κ1) is 16.6. The van der Waals surface area contributed by atoms with Crippen molar-refractivity contribution < 1.29 is 4.39 Å². The first-order valence-corrected chi connectivity index (χ1v) is 9.72. The highest BCUT2D eigenvalue weighted by Crippen LogP contribution is 2.29. The Morgan fingerprint density at radius 1 is 1.08 bits per heavy atom. The number of hydrogen-bond donors (Lipinski definition) is 1. The smallest absolute Gasteiger partial charge is 0.166 e. The van der Waals surface area contributed by atoms with Crippen molar-refractivity contribution in [3.05, 3.63) is 59.9 Å². The lowest BCUT2D eigenvalue weighted by atomic mass is 10.1. The van der Waals surface area contributed by atoms with Gasteiger partial charge >= 0.3 is 0 Å². The third-order valence-electron chi connectivity index (χ3n) is 4.81. The van der Waals surface area contributed by atoms with Gasteiger partial charge in [0.2, 0.25) is 0 Å². The van der Waals surface area contributed by atoms with Gasteiger partial charge in [0, 0.05) is 11.8 Å². The van der Waals surface area contributed by atoms with Crippen molar-refractivity contribution in [3.63, 3.8) is 0 Å². The summed E-state index contributed by atoms with van der Waals surface area (Å²) in [4.78, 5) is 10.6. The topological polar surface area (TPSA) is 31.9 Å². The maximum atomic E-state index is 13.0. The van der Waals surface area contributed by atoms with Gasteiger partial charge in [-0.15, -0.1) is 0 Å². The van der Waals surface area contributed by atoms with E-state index in [0.717, 1.165) is 42.2 Å². The molecule has 3 aromatic rings. The van der Waals surface area contributed by atoms with Gasteiger partial charge in [0.25, 0.3) is 0 Å². The molecule has 0 unspecified atom stereocenters. The third kappa shape index (κ3) is 4.22. The van der Waals surface area contributed by atoms with Crippen LogP contribution in [0.5, 0.6) is 0 Å². The van der Waals surface area contributed by atoms with Crippen LogP contribution in [-0.2, 0) is 6.42 Å². The quantitative estimate of drug-likeness (QED) is 0.731. The maximum Gasteiger partial charge on any atom is 0.166 e. The number of aromatic nitrogens is 2. The number of aromatic amines is 1. The molecule has 0 spiro atoms. The molecule has 2 heterocycles. The molecule has 0 saturated carbocycles. The minimum Gasteiger partial charge on any atom is -0.333 e. The monoisotopic (exact) mass is 355 g/mol. The molecule has 1 saturated heterocycles. The van der Waals surface area contributed by atoms with E-state index in [-0.39, 0.29) is 5.82 Å². The zero-order chi connectivity index (χ0) is 17.1. The van der Waals surface area contributed by atoms with Crippen LogP contribution in [0.2, 0.25) is 0 Å². The van der Waals surface area contributed by atoms with Crippen LogP contribution in [-0.4, -0.2) is 39.8 Å². The van der Waals surface area contributed by atoms with E-state index < -0.39 is 0 Å². The summed E-state index contributed by atoms with van der Waals surface area (Å²) in [6.45, 7) is 3.30. The molecule has 5 heteroatoms. The molecule has 130 valence electrons. The lowest BCUT2D eigenvalue weighted by Crippen LogP contribution is -2.36. The van der Waals surface area contributed by atoms with Crippen molar-refractivity contribution in [2.24, 2.45) is 0 Å². The number of H-pyrrole nitrogens is 1. The van der Waals surface area contributed by atoms with Crippen molar-refractivity contribution in [1.82, 2.24) is 14.9 Å². The summed E-state index contributed by atoms with van der Waals surface area (Å²) >= 11 is 1.87. The van der Waals surface area contributed by atoms with Crippen molar-refractivity contribution in [3.8, 4) is 0 Å². The van der Waals surface area contributed by atoms with Gasteiger partial charge in [-0.05, 0) is 62.2 Å². The summed E-state index contributed by atoms with van der Waals surface area (Å²) in [6.07, 6.45) is 3.36. The van der Waals surface area contributed by atoms with Crippen molar-refractivity contribution in [2.45, 2.75) is 29.7 Å². The number of imidazole rings is 1. The molecule has 4 rings (SSSR count). The molecular weight excluding hydrogens is 333 g/mol. The minimum absolute atomic E-state index is 0.160. The van der Waals surface area contributed by atoms with Gasteiger partial charge in [-0.1, -0.05) is 36.0 Å². The molecular formula is C20H22FN3S. The first-order valence-electron chi connectivity index (χ1n) is 8.84. The number of piperidine rings is 1. The normalized spacial score (nSPS) is 16.5. The fourth-order valence-corrected chi connectivity index (χ4v) is 4.41. The summed E-state index contributed by atoms with van der Waals surface area (Å²) in [6, 6.07) is 15.1. The Bertz CT molecular complexity index is 789. The van der Waals surface area contributed by atoms with E-state index >= 15 is 0 Å². The number of nitrogens with one attached hydrogen (secondary N) is 1. The second-order valence-electron chi connectivity index (χ2n) is 6.59. The number of rotatable bonds is 5. The van der Waals surface area contributed by atoms with Crippen LogP contribution < -0.4 is 0 Å². The predicted molar refractivity (Wildman–Crippen MR) is 102 cm³/mol. The predicted octanol–water partition coefficient (Wildman–Crippen LogP) is 4.50. The van der Waals surface area contributed by atoms with E-state index in [2.05, 4.69) is 20.9 Å². The van der Waals surface area contributed by atoms with E-state index in [1.165, 1.54) is 18.4 Å². The highest BCUT2D eigenvalue weighted by atomic mass is 32.2. The average molecular weight is 355 g/mol. The summed E-state index contributed by atoms with van der Waals surface area (Å²) < 4.78 is 13.0. The van der Waals surface area contributed by atoms with Crippen LogP contribution in [0.15, 0.2) is 53.7 Å². The first-order chi connectivity index (χ1) is 12.3. The van der Waals surface area contributed by atoms with E-state index in [0.29, 0.717) is 5.25 Å². The Morgan fingerprint density at radius 2 is 1.84 bits per heavy atom. The van der Waals surface area contributed by atoms with Gasteiger partial charge in [-0.25, -0.2) is 9.37 Å². The molecule has 0 atom stereocenters. The lowest BCUT2D eigenvalue weighted by Gasteiger charge is -2.31. The number of halogens is 1. The Balaban J connectivity index is 1.25. The number of fused-ring (bicyclic) bond motifs is 1. The number of benzene rings is 2. The highest BCUT2D eigenvalue weighted by Gasteiger charge is 2.21. The van der Waals surface area contributed by atoms with Crippen molar-refractivity contribution >= 4 is 22.8 Å². The molecule has 1 N–H and O–H groups in total. The molecule has 1 aliphatic rings. The summed E-state index contributed by atoms with van der Waals surface area (Å²) in [7, 11) is 0. The second kappa shape index (κ2) is 7.58. The number of nitrogens with zero attached hydrogens (tertiary/aromatic N) is 2. The van der Waals surface area contributed by atoms with Crippen LogP contribution >= 0.6 is 11.8 Å². The Kier molecular flexibility index (Phi) is 5.04. The van der Waals surface area contributed by atoms with Gasteiger partial charge in [-0.3, -0.25) is 0 Å². The Hall–Kier alpha value is -1.85. The standard InChI is InChI=1S/C20H22FN3S/c21-16-7-5-15(6-8-16)9-12-24-13-10-17(11-14-24)25-20-22-18-3-1-2-4-19(18)23-20/h1-8,17H,9-14H2,(H,22,23). The zero-order valence-electron chi connectivity index (χ0n) is 14.1. The molecule has 1 fully saturated rings. The summed E-state index contributed by atoms with van der Waals surface area (Å²) in [5.74, 6) is -0.160. The fourth-order valence-electron chi connectivity index (χ4n) is 3.33. The number of likely N-dealkylation sites (tertiary alicyclic amines) is 1. The van der Waals surface area contributed by atoms with Gasteiger partial charge in [0.05, 0.1) is 11.0 Å². The molecule has 1 aliphatic heterocycles. The van der Waals surface area contributed by atoms with Gasteiger partial charge < -0.3 is 9.88 Å². The molecule has 1 aromatic heterocycles. The van der Waals surface area contributed by atoms with E-state index in [9.17, 15) is 4.39 Å². The molecule has 0 bridgehead atoms. The molecule has 25 heavy (non-hydrogen) atoms. The average Bonchev–Trinajstić information content (AvgIpc) is 3.05. The summed E-state index contributed by atoms with van der Waals surface area (Å²) in [5, 5.41) is 1.66. The largest absolute Gasteiger partial charge is 0.333 e. The van der Waals surface area contributed by atoms with Crippen LogP contribution in [0.3, 0.4) is 0 Å². The number of para-hydroxylation sites is 2. The van der Waals surface area contributed by atoms with E-state index in [1.807, 2.05) is 42.1 Å². The SMILES string of the molecule is Fc1ccc(CCN2CCC(Sc3nc4ccccc4[nH]3)CC2)cc1. The van der Waals surface area contributed by atoms with Crippen LogP contribution in [0.1, 0.15) is 18.4 Å². The maximum absolute atomic E-state index is 13.0. The van der Waals surface area contributed by atoms with Gasteiger partial charge in [0.1, 0.15) is 5.82 Å². The second-order valence-corrected chi connectivity index (χ2v) is 7.88. The minimum atomic E-state index is -0.160. The molecule has 0 amide bonds. The Morgan fingerprint density at radius 3 is 2.60 bits per heavy atom. The van der Waals surface area contributed by atoms with E-state index in [4.69, 9.17) is 0 Å². The molecule has 0 aliphatic carbocycles. The summed E-state index contributed by atoms with van der Waals surface area (Å²) in [5.41, 5.74) is 3.36. The fraction of sp³-hybridized carbons (Fsp3) is 0.350. The lowest BCUT2D eigenvalue weighted by molar-refractivity contribution is 0.235. The molecule has 3 nitrogen and oxygen atoms in total. The van der Waals surface area contributed by atoms with Gasteiger partial charge in [0.15, 0.2) is 5.16 Å². The van der Waals surface area contributed by atoms with Crippen molar-refractivity contribution in [2.75, 3.05) is 19.6 Å². The van der Waals surface area contributed by atoms with Crippen LogP contribution in [0, 0.1) is 5.82 Å². The Labute approximate surface area is 151 Å². The van der Waals surface area contributed by atoms with E-state index in [1.54, 1.807) is 12.1 Å². The molecule has 2 aromatic carbocycles. The third-order valence-corrected chi connectivity index (χ3v) is 6.03. The molecule has 0 radical (unpaired) electrons. The zero-order valence-corrected chi connectivity index (χ0v) is 14.9. The number of thioether (sulfide) groups is 1.